The standard InChI is InChI=1S/C26H21N3OS/c1-18-12-14-19(15-13-18)22-16-29-23(17-31-26(29)27-22)25(30)28-24(20-8-4-2-5-9-20)21-10-6-3-7-11-21/h2-17,24H,1H3,(H,28,30). The molecule has 0 aliphatic heterocycles. The van der Waals surface area contributed by atoms with Gasteiger partial charge < -0.3 is 5.32 Å². The Morgan fingerprint density at radius 1 is 0.903 bits per heavy atom. The fourth-order valence-electron chi connectivity index (χ4n) is 3.67. The Hall–Kier alpha value is -3.70. The number of carbonyl (C=O) groups excluding carboxylic acids is 1. The lowest BCUT2D eigenvalue weighted by Crippen LogP contribution is -2.30. The number of aromatic nitrogens is 2. The van der Waals surface area contributed by atoms with Gasteiger partial charge in [0.15, 0.2) is 4.96 Å². The van der Waals surface area contributed by atoms with Crippen LogP contribution in [0.4, 0.5) is 0 Å². The van der Waals surface area contributed by atoms with Crippen molar-refractivity contribution in [2.45, 2.75) is 13.0 Å². The molecule has 5 rings (SSSR count). The number of hydrogen-bond acceptors (Lipinski definition) is 3. The van der Waals surface area contributed by atoms with Gasteiger partial charge in [0.25, 0.3) is 5.91 Å². The molecule has 0 radical (unpaired) electrons. The quantitative estimate of drug-likeness (QED) is 0.383. The molecule has 5 heteroatoms. The number of aryl methyl sites for hydroxylation is 1. The molecule has 0 spiro atoms. The van der Waals surface area contributed by atoms with Crippen LogP contribution in [0.25, 0.3) is 16.2 Å². The Kier molecular flexibility index (Phi) is 5.10. The Morgan fingerprint density at radius 3 is 2.13 bits per heavy atom. The lowest BCUT2D eigenvalue weighted by molar-refractivity contribution is 0.0937. The van der Waals surface area contributed by atoms with Crippen molar-refractivity contribution in [2.24, 2.45) is 0 Å². The van der Waals surface area contributed by atoms with E-state index in [-0.39, 0.29) is 11.9 Å². The molecule has 0 saturated heterocycles. The molecule has 0 aliphatic carbocycles. The average molecular weight is 424 g/mol. The summed E-state index contributed by atoms with van der Waals surface area (Å²) in [6.07, 6.45) is 1.94. The molecule has 0 bridgehead atoms. The number of hydrogen-bond donors (Lipinski definition) is 1. The van der Waals surface area contributed by atoms with Crippen molar-refractivity contribution >= 4 is 22.2 Å². The Balaban J connectivity index is 1.48. The van der Waals surface area contributed by atoms with E-state index in [1.807, 2.05) is 76.6 Å². The SMILES string of the molecule is Cc1ccc(-c2cn3c(C(=O)NC(c4ccccc4)c4ccccc4)csc3n2)cc1. The van der Waals surface area contributed by atoms with E-state index in [9.17, 15) is 4.79 Å². The first-order chi connectivity index (χ1) is 15.2. The number of amides is 1. The van der Waals surface area contributed by atoms with Crippen molar-refractivity contribution in [1.29, 1.82) is 0 Å². The second kappa shape index (κ2) is 8.20. The molecule has 1 N–H and O–H groups in total. The van der Waals surface area contributed by atoms with Crippen LogP contribution in [0.3, 0.4) is 0 Å². The third kappa shape index (κ3) is 3.88. The fraction of sp³-hybridized carbons (Fsp3) is 0.0769. The zero-order chi connectivity index (χ0) is 21.2. The summed E-state index contributed by atoms with van der Waals surface area (Å²) >= 11 is 1.47. The number of carbonyl (C=O) groups is 1. The van der Waals surface area contributed by atoms with Gasteiger partial charge in [0, 0.05) is 17.1 Å². The highest BCUT2D eigenvalue weighted by Gasteiger charge is 2.21. The molecule has 3 aromatic carbocycles. The van der Waals surface area contributed by atoms with Crippen LogP contribution in [0.1, 0.15) is 33.2 Å². The van der Waals surface area contributed by atoms with Gasteiger partial charge in [-0.25, -0.2) is 4.98 Å². The molecule has 0 aliphatic rings. The highest BCUT2D eigenvalue weighted by molar-refractivity contribution is 7.15. The van der Waals surface area contributed by atoms with E-state index in [2.05, 4.69) is 36.5 Å². The maximum absolute atomic E-state index is 13.3. The number of rotatable bonds is 5. The first-order valence-corrected chi connectivity index (χ1v) is 11.0. The number of fused-ring (bicyclic) bond motifs is 1. The number of thiazole rings is 1. The second-order valence-electron chi connectivity index (χ2n) is 7.49. The van der Waals surface area contributed by atoms with Gasteiger partial charge in [-0.2, -0.15) is 0 Å². The van der Waals surface area contributed by atoms with Gasteiger partial charge in [-0.3, -0.25) is 9.20 Å². The van der Waals surface area contributed by atoms with Gasteiger partial charge in [-0.15, -0.1) is 11.3 Å². The maximum atomic E-state index is 13.3. The summed E-state index contributed by atoms with van der Waals surface area (Å²) in [6, 6.07) is 28.1. The molecule has 0 unspecified atom stereocenters. The topological polar surface area (TPSA) is 46.4 Å². The van der Waals surface area contributed by atoms with Crippen molar-refractivity contribution < 1.29 is 4.79 Å². The maximum Gasteiger partial charge on any atom is 0.269 e. The van der Waals surface area contributed by atoms with Crippen LogP contribution in [-0.4, -0.2) is 15.3 Å². The molecule has 0 atom stereocenters. The summed E-state index contributed by atoms with van der Waals surface area (Å²) in [5.41, 5.74) is 5.78. The molecule has 0 fully saturated rings. The summed E-state index contributed by atoms with van der Waals surface area (Å²) < 4.78 is 1.88. The lowest BCUT2D eigenvalue weighted by atomic mass is 9.98. The minimum Gasteiger partial charge on any atom is -0.340 e. The molecule has 2 aromatic heterocycles. The van der Waals surface area contributed by atoms with E-state index < -0.39 is 0 Å². The Bertz CT molecular complexity index is 1280. The van der Waals surface area contributed by atoms with Crippen LogP contribution < -0.4 is 5.32 Å². The predicted molar refractivity (Wildman–Crippen MR) is 125 cm³/mol. The van der Waals surface area contributed by atoms with Gasteiger partial charge in [-0.05, 0) is 18.1 Å². The van der Waals surface area contributed by atoms with E-state index >= 15 is 0 Å². The molecule has 31 heavy (non-hydrogen) atoms. The van der Waals surface area contributed by atoms with Crippen LogP contribution in [0.15, 0.2) is 96.5 Å². The highest BCUT2D eigenvalue weighted by atomic mass is 32.1. The van der Waals surface area contributed by atoms with Gasteiger partial charge in [0.2, 0.25) is 0 Å². The van der Waals surface area contributed by atoms with Crippen molar-refractivity contribution in [3.8, 4) is 11.3 Å². The van der Waals surface area contributed by atoms with Gasteiger partial charge in [0.05, 0.1) is 11.7 Å². The molecule has 5 aromatic rings. The molecule has 2 heterocycles. The van der Waals surface area contributed by atoms with Crippen LogP contribution in [0.2, 0.25) is 0 Å². The van der Waals surface area contributed by atoms with E-state index in [0.29, 0.717) is 5.69 Å². The zero-order valence-electron chi connectivity index (χ0n) is 17.0. The monoisotopic (exact) mass is 423 g/mol. The van der Waals surface area contributed by atoms with Gasteiger partial charge in [0.1, 0.15) is 5.69 Å². The molecular weight excluding hydrogens is 402 g/mol. The minimum atomic E-state index is -0.232. The smallest absolute Gasteiger partial charge is 0.269 e. The van der Waals surface area contributed by atoms with E-state index in [0.717, 1.165) is 27.3 Å². The number of imidazole rings is 1. The van der Waals surface area contributed by atoms with Crippen LogP contribution in [0.5, 0.6) is 0 Å². The van der Waals surface area contributed by atoms with E-state index in [1.165, 1.54) is 16.9 Å². The molecular formula is C26H21N3OS. The second-order valence-corrected chi connectivity index (χ2v) is 8.33. The Morgan fingerprint density at radius 2 is 1.52 bits per heavy atom. The predicted octanol–water partition coefficient (Wildman–Crippen LogP) is 5.89. The average Bonchev–Trinajstić information content (AvgIpc) is 3.40. The fourth-order valence-corrected chi connectivity index (χ4v) is 4.52. The Labute approximate surface area is 184 Å². The van der Waals surface area contributed by atoms with Crippen molar-refractivity contribution in [3.05, 3.63) is 119 Å². The van der Waals surface area contributed by atoms with Crippen LogP contribution >= 0.6 is 11.3 Å². The van der Waals surface area contributed by atoms with Crippen molar-refractivity contribution in [1.82, 2.24) is 14.7 Å². The van der Waals surface area contributed by atoms with Crippen molar-refractivity contribution in [2.75, 3.05) is 0 Å². The minimum absolute atomic E-state index is 0.128. The summed E-state index contributed by atoms with van der Waals surface area (Å²) in [7, 11) is 0. The van der Waals surface area contributed by atoms with E-state index in [4.69, 9.17) is 4.98 Å². The number of benzene rings is 3. The summed E-state index contributed by atoms with van der Waals surface area (Å²) in [5, 5.41) is 5.08. The van der Waals surface area contributed by atoms with Crippen LogP contribution in [0, 0.1) is 6.92 Å². The third-order valence-electron chi connectivity index (χ3n) is 5.33. The largest absolute Gasteiger partial charge is 0.340 e. The third-order valence-corrected chi connectivity index (χ3v) is 6.17. The lowest BCUT2D eigenvalue weighted by Gasteiger charge is -2.19. The normalized spacial score (nSPS) is 11.2. The summed E-state index contributed by atoms with van der Waals surface area (Å²) in [4.78, 5) is 18.8. The summed E-state index contributed by atoms with van der Waals surface area (Å²) in [5.74, 6) is -0.128. The molecule has 4 nitrogen and oxygen atoms in total. The number of nitrogens with one attached hydrogen (secondary N) is 1. The summed E-state index contributed by atoms with van der Waals surface area (Å²) in [6.45, 7) is 2.06. The van der Waals surface area contributed by atoms with Gasteiger partial charge in [-0.1, -0.05) is 90.5 Å². The van der Waals surface area contributed by atoms with Gasteiger partial charge >= 0.3 is 0 Å². The zero-order valence-corrected chi connectivity index (χ0v) is 17.8. The first kappa shape index (κ1) is 19.3. The molecule has 152 valence electrons. The first-order valence-electron chi connectivity index (χ1n) is 10.1. The van der Waals surface area contributed by atoms with Crippen molar-refractivity contribution in [3.63, 3.8) is 0 Å². The molecule has 0 saturated carbocycles. The highest BCUT2D eigenvalue weighted by Crippen LogP contribution is 2.26. The van der Waals surface area contributed by atoms with Crippen LogP contribution in [-0.2, 0) is 0 Å². The van der Waals surface area contributed by atoms with E-state index in [1.54, 1.807) is 0 Å². The molecule has 1 amide bonds. The number of nitrogens with zero attached hydrogens (tertiary/aromatic N) is 2.